The molecule has 0 atom stereocenters. The molecule has 0 aromatic carbocycles. The number of carbonyl (C=O) groups is 2. The van der Waals surface area contributed by atoms with Gasteiger partial charge in [-0.2, -0.15) is 0 Å². The lowest BCUT2D eigenvalue weighted by Gasteiger charge is -2.38. The molecule has 1 heterocycles. The molecule has 1 fully saturated rings. The molecule has 1 aliphatic rings. The van der Waals surface area contributed by atoms with E-state index in [9.17, 15) is 9.59 Å². The topological polar surface area (TPSA) is 69.6 Å². The summed E-state index contributed by atoms with van der Waals surface area (Å²) >= 11 is 1.61. The van der Waals surface area contributed by atoms with Crippen LogP contribution in [0.1, 0.15) is 43.4 Å². The number of urea groups is 1. The zero-order chi connectivity index (χ0) is 15.3. The van der Waals surface area contributed by atoms with Crippen molar-refractivity contribution in [2.75, 3.05) is 7.05 Å². The third-order valence-electron chi connectivity index (χ3n) is 3.99. The molecule has 1 aliphatic carbocycles. The second-order valence-electron chi connectivity index (χ2n) is 5.78. The first kappa shape index (κ1) is 15.8. The minimum absolute atomic E-state index is 0.00554. The summed E-state index contributed by atoms with van der Waals surface area (Å²) in [7, 11) is 1.74. The number of amides is 2. The van der Waals surface area contributed by atoms with Crippen LogP contribution in [0.4, 0.5) is 4.79 Å². The molecule has 116 valence electrons. The van der Waals surface area contributed by atoms with Crippen LogP contribution < -0.4 is 5.32 Å². The minimum atomic E-state index is -0.849. The molecule has 2 N–H and O–H groups in total. The van der Waals surface area contributed by atoms with Gasteiger partial charge in [-0.3, -0.25) is 4.79 Å². The number of aliphatic carboxylic acids is 1. The van der Waals surface area contributed by atoms with Crippen LogP contribution >= 0.6 is 11.3 Å². The molecule has 0 bridgehead atoms. The van der Waals surface area contributed by atoms with E-state index in [1.807, 2.05) is 17.5 Å². The summed E-state index contributed by atoms with van der Waals surface area (Å²) in [5.41, 5.74) is -0.578. The molecule has 2 rings (SSSR count). The summed E-state index contributed by atoms with van der Waals surface area (Å²) in [6.45, 7) is 0.548. The summed E-state index contributed by atoms with van der Waals surface area (Å²) in [6.07, 6.45) is 4.56. The Morgan fingerprint density at radius 2 is 2.10 bits per heavy atom. The predicted molar refractivity (Wildman–Crippen MR) is 82.4 cm³/mol. The summed E-state index contributed by atoms with van der Waals surface area (Å²) in [5.74, 6) is -0.849. The maximum Gasteiger partial charge on any atom is 0.317 e. The normalized spacial score (nSPS) is 17.2. The van der Waals surface area contributed by atoms with E-state index in [4.69, 9.17) is 5.11 Å². The lowest BCUT2D eigenvalue weighted by molar-refractivity contribution is -0.139. The third kappa shape index (κ3) is 4.46. The van der Waals surface area contributed by atoms with Gasteiger partial charge in [0.1, 0.15) is 0 Å². The molecule has 1 aromatic heterocycles. The standard InChI is InChI=1S/C15H22N2O3S/c1-17(11-12-6-5-9-21-12)14(20)16-15(10-13(18)19)7-3-2-4-8-15/h5-6,9H,2-4,7-8,10-11H2,1H3,(H,16,20)(H,18,19). The molecule has 0 aliphatic heterocycles. The zero-order valence-corrected chi connectivity index (χ0v) is 13.1. The van der Waals surface area contributed by atoms with Crippen molar-refractivity contribution in [3.63, 3.8) is 0 Å². The van der Waals surface area contributed by atoms with Gasteiger partial charge in [0, 0.05) is 11.9 Å². The van der Waals surface area contributed by atoms with E-state index in [-0.39, 0.29) is 12.5 Å². The van der Waals surface area contributed by atoms with E-state index in [2.05, 4.69) is 5.32 Å². The smallest absolute Gasteiger partial charge is 0.317 e. The summed E-state index contributed by atoms with van der Waals surface area (Å²) in [5, 5.41) is 14.1. The quantitative estimate of drug-likeness (QED) is 0.878. The van der Waals surface area contributed by atoms with E-state index in [1.165, 1.54) is 0 Å². The van der Waals surface area contributed by atoms with Gasteiger partial charge in [0.05, 0.1) is 18.5 Å². The molecule has 21 heavy (non-hydrogen) atoms. The number of nitrogens with one attached hydrogen (secondary N) is 1. The molecule has 0 spiro atoms. The largest absolute Gasteiger partial charge is 0.481 e. The first-order valence-corrected chi connectivity index (χ1v) is 8.16. The number of thiophene rings is 1. The van der Waals surface area contributed by atoms with Crippen molar-refractivity contribution in [2.45, 2.75) is 50.6 Å². The molecular weight excluding hydrogens is 288 g/mol. The first-order valence-electron chi connectivity index (χ1n) is 7.28. The lowest BCUT2D eigenvalue weighted by Crippen LogP contribution is -2.54. The lowest BCUT2D eigenvalue weighted by atomic mass is 9.79. The van der Waals surface area contributed by atoms with Crippen LogP contribution in [0.15, 0.2) is 17.5 Å². The molecule has 6 heteroatoms. The van der Waals surface area contributed by atoms with Crippen molar-refractivity contribution in [2.24, 2.45) is 0 Å². The molecular formula is C15H22N2O3S. The number of hydrogen-bond donors (Lipinski definition) is 2. The van der Waals surface area contributed by atoms with E-state index in [0.717, 1.165) is 37.0 Å². The minimum Gasteiger partial charge on any atom is -0.481 e. The fourth-order valence-electron chi connectivity index (χ4n) is 2.89. The average molecular weight is 310 g/mol. The number of carbonyl (C=O) groups excluding carboxylic acids is 1. The Kier molecular flexibility index (Phi) is 5.22. The molecule has 0 saturated heterocycles. The number of rotatable bonds is 5. The van der Waals surface area contributed by atoms with Gasteiger partial charge in [-0.25, -0.2) is 4.79 Å². The second-order valence-corrected chi connectivity index (χ2v) is 6.81. The van der Waals surface area contributed by atoms with Crippen LogP contribution in [0.2, 0.25) is 0 Å². The van der Waals surface area contributed by atoms with Gasteiger partial charge in [-0.15, -0.1) is 11.3 Å². The number of hydrogen-bond acceptors (Lipinski definition) is 3. The van der Waals surface area contributed by atoms with E-state index >= 15 is 0 Å². The van der Waals surface area contributed by atoms with Gasteiger partial charge in [-0.05, 0) is 24.3 Å². The highest BCUT2D eigenvalue weighted by molar-refractivity contribution is 7.09. The number of carboxylic acids is 1. The van der Waals surface area contributed by atoms with Crippen LogP contribution in [0, 0.1) is 0 Å². The molecule has 1 aromatic rings. The van der Waals surface area contributed by atoms with E-state index in [1.54, 1.807) is 23.3 Å². The van der Waals surface area contributed by atoms with Gasteiger partial charge in [0.2, 0.25) is 0 Å². The Bertz CT molecular complexity index is 481. The van der Waals surface area contributed by atoms with Crippen LogP contribution in [-0.4, -0.2) is 34.6 Å². The van der Waals surface area contributed by atoms with Gasteiger partial charge >= 0.3 is 12.0 Å². The van der Waals surface area contributed by atoms with Gasteiger partial charge in [-0.1, -0.05) is 25.3 Å². The maximum atomic E-state index is 12.4. The van der Waals surface area contributed by atoms with Crippen molar-refractivity contribution in [3.8, 4) is 0 Å². The molecule has 2 amide bonds. The Morgan fingerprint density at radius 1 is 1.38 bits per heavy atom. The van der Waals surface area contributed by atoms with Gasteiger partial charge < -0.3 is 15.3 Å². The third-order valence-corrected chi connectivity index (χ3v) is 4.85. The number of nitrogens with zero attached hydrogens (tertiary/aromatic N) is 1. The van der Waals surface area contributed by atoms with E-state index in [0.29, 0.717) is 6.54 Å². The van der Waals surface area contributed by atoms with Gasteiger partial charge in [0.15, 0.2) is 0 Å². The fraction of sp³-hybridized carbons (Fsp3) is 0.600. The highest BCUT2D eigenvalue weighted by Crippen LogP contribution is 2.31. The van der Waals surface area contributed by atoms with Crippen molar-refractivity contribution in [1.29, 1.82) is 0 Å². The Balaban J connectivity index is 1.98. The SMILES string of the molecule is CN(Cc1cccs1)C(=O)NC1(CC(=O)O)CCCCC1. The van der Waals surface area contributed by atoms with Crippen molar-refractivity contribution < 1.29 is 14.7 Å². The van der Waals surface area contributed by atoms with Crippen LogP contribution in [-0.2, 0) is 11.3 Å². The Morgan fingerprint density at radius 3 is 2.67 bits per heavy atom. The highest BCUT2D eigenvalue weighted by atomic mass is 32.1. The monoisotopic (exact) mass is 310 g/mol. The molecule has 0 unspecified atom stereocenters. The molecule has 0 radical (unpaired) electrons. The highest BCUT2D eigenvalue weighted by Gasteiger charge is 2.36. The molecule has 5 nitrogen and oxygen atoms in total. The summed E-state index contributed by atoms with van der Waals surface area (Å²) < 4.78 is 0. The fourth-order valence-corrected chi connectivity index (χ4v) is 3.65. The first-order chi connectivity index (χ1) is 10.0. The van der Waals surface area contributed by atoms with Crippen LogP contribution in [0.5, 0.6) is 0 Å². The predicted octanol–water partition coefficient (Wildman–Crippen LogP) is 3.07. The number of carboxylic acid groups (broad SMARTS) is 1. The maximum absolute atomic E-state index is 12.4. The average Bonchev–Trinajstić information content (AvgIpc) is 2.91. The molecule has 1 saturated carbocycles. The summed E-state index contributed by atoms with van der Waals surface area (Å²) in [6, 6.07) is 3.76. The van der Waals surface area contributed by atoms with E-state index < -0.39 is 11.5 Å². The zero-order valence-electron chi connectivity index (χ0n) is 12.3. The second kappa shape index (κ2) is 6.93. The van der Waals surface area contributed by atoms with Crippen molar-refractivity contribution in [1.82, 2.24) is 10.2 Å². The van der Waals surface area contributed by atoms with Gasteiger partial charge in [0.25, 0.3) is 0 Å². The Hall–Kier alpha value is -1.56. The van der Waals surface area contributed by atoms with Crippen LogP contribution in [0.25, 0.3) is 0 Å². The van der Waals surface area contributed by atoms with Crippen molar-refractivity contribution in [3.05, 3.63) is 22.4 Å². The Labute approximate surface area is 129 Å². The van der Waals surface area contributed by atoms with Crippen LogP contribution in [0.3, 0.4) is 0 Å². The summed E-state index contributed by atoms with van der Waals surface area (Å²) in [4.78, 5) is 26.2. The van der Waals surface area contributed by atoms with Crippen molar-refractivity contribution >= 4 is 23.3 Å².